The average Bonchev–Trinajstić information content (AvgIpc) is 2.61. The Balaban J connectivity index is 1.89. The molecule has 1 aliphatic heterocycles. The first-order valence-corrected chi connectivity index (χ1v) is 7.15. The highest BCUT2D eigenvalue weighted by Gasteiger charge is 2.18. The topological polar surface area (TPSA) is 38.1 Å². The van der Waals surface area contributed by atoms with Crippen LogP contribution in [0.1, 0.15) is 29.7 Å². The van der Waals surface area contributed by atoms with Crippen molar-refractivity contribution >= 4 is 29.1 Å². The van der Waals surface area contributed by atoms with Gasteiger partial charge in [-0.25, -0.2) is 0 Å². The predicted molar refractivity (Wildman–Crippen MR) is 77.2 cm³/mol. The lowest BCUT2D eigenvalue weighted by Crippen LogP contribution is -1.98. The van der Waals surface area contributed by atoms with Crippen molar-refractivity contribution in [2.75, 3.05) is 11.9 Å². The van der Waals surface area contributed by atoms with Crippen LogP contribution in [0.3, 0.4) is 0 Å². The second-order valence-corrected chi connectivity index (χ2v) is 5.58. The van der Waals surface area contributed by atoms with Gasteiger partial charge in [-0.1, -0.05) is 34.4 Å². The Hall–Kier alpha value is -1.19. The fourth-order valence-electron chi connectivity index (χ4n) is 2.35. The summed E-state index contributed by atoms with van der Waals surface area (Å²) in [5, 5.41) is 8.76. The Morgan fingerprint density at radius 1 is 1.26 bits per heavy atom. The van der Waals surface area contributed by atoms with E-state index in [1.807, 2.05) is 12.1 Å². The number of anilines is 1. The SMILES string of the molecule is Clc1ccc(Cc2noc3c2CCCCN3)c(Cl)c1. The van der Waals surface area contributed by atoms with Gasteiger partial charge in [0, 0.05) is 28.6 Å². The van der Waals surface area contributed by atoms with E-state index < -0.39 is 0 Å². The van der Waals surface area contributed by atoms with Crippen LogP contribution in [0.25, 0.3) is 0 Å². The molecule has 19 heavy (non-hydrogen) atoms. The van der Waals surface area contributed by atoms with E-state index in [1.165, 1.54) is 5.56 Å². The normalized spacial score (nSPS) is 14.6. The Kier molecular flexibility index (Phi) is 3.67. The van der Waals surface area contributed by atoms with Gasteiger partial charge >= 0.3 is 0 Å². The van der Waals surface area contributed by atoms with Crippen molar-refractivity contribution in [2.45, 2.75) is 25.7 Å². The first kappa shape index (κ1) is 12.8. The standard InChI is InChI=1S/C14H14Cl2N2O/c15-10-5-4-9(12(16)8-10)7-13-11-3-1-2-6-17-14(11)19-18-13/h4-5,8,17H,1-3,6-7H2. The minimum atomic E-state index is 0.648. The minimum Gasteiger partial charge on any atom is -0.354 e. The number of fused-ring (bicyclic) bond motifs is 1. The molecular weight excluding hydrogens is 283 g/mol. The molecule has 0 amide bonds. The fourth-order valence-corrected chi connectivity index (χ4v) is 2.83. The first-order valence-electron chi connectivity index (χ1n) is 6.39. The lowest BCUT2D eigenvalue weighted by Gasteiger charge is -2.04. The molecule has 5 heteroatoms. The van der Waals surface area contributed by atoms with Crippen molar-refractivity contribution in [1.29, 1.82) is 0 Å². The summed E-state index contributed by atoms with van der Waals surface area (Å²) in [5.74, 6) is 0.817. The molecule has 0 bridgehead atoms. The van der Waals surface area contributed by atoms with Crippen LogP contribution in [0.2, 0.25) is 10.0 Å². The van der Waals surface area contributed by atoms with E-state index in [1.54, 1.807) is 6.07 Å². The molecule has 0 saturated carbocycles. The van der Waals surface area contributed by atoms with Crippen LogP contribution >= 0.6 is 23.2 Å². The van der Waals surface area contributed by atoms with Crippen LogP contribution < -0.4 is 5.32 Å². The molecule has 0 fully saturated rings. The molecule has 3 nitrogen and oxygen atoms in total. The van der Waals surface area contributed by atoms with Gasteiger partial charge in [-0.2, -0.15) is 0 Å². The average molecular weight is 297 g/mol. The van der Waals surface area contributed by atoms with E-state index in [4.69, 9.17) is 27.7 Å². The van der Waals surface area contributed by atoms with Crippen LogP contribution in [0.5, 0.6) is 0 Å². The van der Waals surface area contributed by atoms with Crippen LogP contribution in [-0.4, -0.2) is 11.7 Å². The van der Waals surface area contributed by atoms with Gasteiger partial charge in [0.15, 0.2) is 0 Å². The predicted octanol–water partition coefficient (Wildman–Crippen LogP) is 4.32. The van der Waals surface area contributed by atoms with E-state index in [-0.39, 0.29) is 0 Å². The monoisotopic (exact) mass is 296 g/mol. The zero-order valence-corrected chi connectivity index (χ0v) is 11.9. The lowest BCUT2D eigenvalue weighted by molar-refractivity contribution is 0.425. The summed E-state index contributed by atoms with van der Waals surface area (Å²) in [4.78, 5) is 0. The zero-order valence-electron chi connectivity index (χ0n) is 10.4. The molecule has 0 saturated heterocycles. The summed E-state index contributed by atoms with van der Waals surface area (Å²) in [7, 11) is 0. The fraction of sp³-hybridized carbons (Fsp3) is 0.357. The third-order valence-electron chi connectivity index (χ3n) is 3.38. The van der Waals surface area contributed by atoms with Gasteiger partial charge in [0.2, 0.25) is 5.88 Å². The summed E-state index contributed by atoms with van der Waals surface area (Å²) >= 11 is 12.1. The van der Waals surface area contributed by atoms with Gasteiger partial charge in [0.1, 0.15) is 0 Å². The third kappa shape index (κ3) is 2.72. The number of halogens is 2. The molecule has 0 atom stereocenters. The smallest absolute Gasteiger partial charge is 0.228 e. The van der Waals surface area contributed by atoms with Crippen molar-refractivity contribution in [3.63, 3.8) is 0 Å². The molecule has 3 rings (SSSR count). The minimum absolute atomic E-state index is 0.648. The largest absolute Gasteiger partial charge is 0.354 e. The molecule has 100 valence electrons. The van der Waals surface area contributed by atoms with Crippen molar-refractivity contribution in [3.05, 3.63) is 45.1 Å². The molecule has 2 aromatic rings. The molecule has 0 unspecified atom stereocenters. The Morgan fingerprint density at radius 2 is 2.16 bits per heavy atom. The maximum atomic E-state index is 6.20. The number of hydrogen-bond acceptors (Lipinski definition) is 3. The molecule has 1 aliphatic rings. The summed E-state index contributed by atoms with van der Waals surface area (Å²) in [6.45, 7) is 0.948. The van der Waals surface area contributed by atoms with Gasteiger partial charge < -0.3 is 9.84 Å². The highest BCUT2D eigenvalue weighted by molar-refractivity contribution is 6.35. The van der Waals surface area contributed by atoms with Gasteiger partial charge in [0.05, 0.1) is 5.69 Å². The second kappa shape index (κ2) is 5.43. The van der Waals surface area contributed by atoms with Crippen molar-refractivity contribution in [3.8, 4) is 0 Å². The lowest BCUT2D eigenvalue weighted by atomic mass is 10.0. The number of nitrogens with zero attached hydrogens (tertiary/aromatic N) is 1. The second-order valence-electron chi connectivity index (χ2n) is 4.73. The van der Waals surface area contributed by atoms with Crippen molar-refractivity contribution < 1.29 is 4.52 Å². The summed E-state index contributed by atoms with van der Waals surface area (Å²) in [6.07, 6.45) is 4.00. The third-order valence-corrected chi connectivity index (χ3v) is 3.97. The van der Waals surface area contributed by atoms with E-state index in [0.29, 0.717) is 16.5 Å². The first-order chi connectivity index (χ1) is 9.24. The van der Waals surface area contributed by atoms with Crippen LogP contribution in [0, 0.1) is 0 Å². The van der Waals surface area contributed by atoms with E-state index in [9.17, 15) is 0 Å². The van der Waals surface area contributed by atoms with Crippen molar-refractivity contribution in [2.24, 2.45) is 0 Å². The number of aromatic nitrogens is 1. The summed E-state index contributed by atoms with van der Waals surface area (Å²) in [6, 6.07) is 5.55. The van der Waals surface area contributed by atoms with Crippen molar-refractivity contribution in [1.82, 2.24) is 5.16 Å². The van der Waals surface area contributed by atoms with Crippen LogP contribution in [-0.2, 0) is 12.8 Å². The van der Waals surface area contributed by atoms with Gasteiger partial charge in [-0.15, -0.1) is 0 Å². The number of nitrogens with one attached hydrogen (secondary N) is 1. The molecule has 0 spiro atoms. The Bertz CT molecular complexity index is 595. The molecule has 2 heterocycles. The quantitative estimate of drug-likeness (QED) is 0.897. The van der Waals surface area contributed by atoms with E-state index >= 15 is 0 Å². The molecule has 1 aromatic carbocycles. The Morgan fingerprint density at radius 3 is 3.00 bits per heavy atom. The summed E-state index contributed by atoms with van der Waals surface area (Å²) in [5.41, 5.74) is 3.17. The maximum absolute atomic E-state index is 6.20. The maximum Gasteiger partial charge on any atom is 0.228 e. The molecule has 1 N–H and O–H groups in total. The summed E-state index contributed by atoms with van der Waals surface area (Å²) < 4.78 is 5.37. The number of rotatable bonds is 2. The molecule has 0 aliphatic carbocycles. The zero-order chi connectivity index (χ0) is 13.2. The number of benzene rings is 1. The van der Waals surface area contributed by atoms with Crippen LogP contribution in [0.15, 0.2) is 22.7 Å². The van der Waals surface area contributed by atoms with Crippen LogP contribution in [0.4, 0.5) is 5.88 Å². The van der Waals surface area contributed by atoms with E-state index in [0.717, 1.165) is 42.9 Å². The highest BCUT2D eigenvalue weighted by atomic mass is 35.5. The molecule has 0 radical (unpaired) electrons. The molecular formula is C14H14Cl2N2O. The highest BCUT2D eigenvalue weighted by Crippen LogP contribution is 2.29. The Labute approximate surface area is 121 Å². The van der Waals surface area contributed by atoms with Gasteiger partial charge in [-0.05, 0) is 37.0 Å². The van der Waals surface area contributed by atoms with Gasteiger partial charge in [0.25, 0.3) is 0 Å². The van der Waals surface area contributed by atoms with E-state index in [2.05, 4.69) is 10.5 Å². The number of hydrogen-bond donors (Lipinski definition) is 1. The van der Waals surface area contributed by atoms with Gasteiger partial charge in [-0.3, -0.25) is 0 Å². The molecule has 1 aromatic heterocycles.